The van der Waals surface area contributed by atoms with Gasteiger partial charge in [0, 0.05) is 26.5 Å². The van der Waals surface area contributed by atoms with Crippen LogP contribution in [0.25, 0.3) is 0 Å². The fraction of sp³-hybridized carbons (Fsp3) is 0.800. The molecular formula is C10H17NO3. The number of nitrogens with zero attached hydrogens (tertiary/aromatic N) is 1. The van der Waals surface area contributed by atoms with E-state index < -0.39 is 0 Å². The van der Waals surface area contributed by atoms with Gasteiger partial charge in [-0.1, -0.05) is 6.92 Å². The third-order valence-electron chi connectivity index (χ3n) is 2.69. The summed E-state index contributed by atoms with van der Waals surface area (Å²) in [5, 5.41) is 0. The first-order chi connectivity index (χ1) is 6.60. The van der Waals surface area contributed by atoms with Gasteiger partial charge in [0.2, 0.25) is 5.91 Å². The normalized spacial score (nSPS) is 26.6. The molecule has 4 heteroatoms. The smallest absolute Gasteiger partial charge is 0.222 e. The summed E-state index contributed by atoms with van der Waals surface area (Å²) in [7, 11) is 1.61. The number of amides is 1. The molecule has 1 saturated heterocycles. The van der Waals surface area contributed by atoms with E-state index in [1.165, 1.54) is 6.92 Å². The molecule has 0 aromatic carbocycles. The number of hydrogen-bond donors (Lipinski definition) is 0. The topological polar surface area (TPSA) is 46.6 Å². The first kappa shape index (κ1) is 11.2. The van der Waals surface area contributed by atoms with E-state index in [0.717, 1.165) is 0 Å². The highest BCUT2D eigenvalue weighted by Gasteiger charge is 2.36. The molecule has 0 unspecified atom stereocenters. The fourth-order valence-corrected chi connectivity index (χ4v) is 1.83. The summed E-state index contributed by atoms with van der Waals surface area (Å²) in [6.45, 7) is 3.88. The summed E-state index contributed by atoms with van der Waals surface area (Å²) in [5.74, 6) is 0.0797. The van der Waals surface area contributed by atoms with Crippen LogP contribution in [0.15, 0.2) is 0 Å². The minimum atomic E-state index is -0.271. The predicted molar refractivity (Wildman–Crippen MR) is 51.9 cm³/mol. The molecule has 1 fully saturated rings. The quantitative estimate of drug-likeness (QED) is 0.668. The number of rotatable bonds is 3. The molecule has 0 radical (unpaired) electrons. The molecule has 0 spiro atoms. The van der Waals surface area contributed by atoms with Gasteiger partial charge >= 0.3 is 0 Å². The fourth-order valence-electron chi connectivity index (χ4n) is 1.83. The molecule has 0 N–H and O–H groups in total. The third kappa shape index (κ3) is 2.12. The van der Waals surface area contributed by atoms with Gasteiger partial charge in [-0.05, 0) is 6.92 Å². The minimum Gasteiger partial charge on any atom is -0.380 e. The van der Waals surface area contributed by atoms with Crippen LogP contribution in [0.3, 0.4) is 0 Å². The second-order valence-corrected chi connectivity index (χ2v) is 3.62. The second-order valence-electron chi connectivity index (χ2n) is 3.62. The number of hydrogen-bond acceptors (Lipinski definition) is 3. The van der Waals surface area contributed by atoms with Crippen molar-refractivity contribution >= 4 is 11.7 Å². The molecule has 1 amide bonds. The summed E-state index contributed by atoms with van der Waals surface area (Å²) >= 11 is 0. The van der Waals surface area contributed by atoms with Crippen molar-refractivity contribution in [2.75, 3.05) is 13.7 Å². The number of carbonyl (C=O) groups is 2. The Labute approximate surface area is 84.2 Å². The average Bonchev–Trinajstić information content (AvgIpc) is 2.60. The highest BCUT2D eigenvalue weighted by Crippen LogP contribution is 2.21. The molecule has 0 aromatic heterocycles. The maximum atomic E-state index is 11.5. The van der Waals surface area contributed by atoms with Gasteiger partial charge in [0.25, 0.3) is 0 Å². The molecule has 1 aliphatic heterocycles. The lowest BCUT2D eigenvalue weighted by atomic mass is 10.1. The van der Waals surface area contributed by atoms with Crippen LogP contribution in [0.4, 0.5) is 0 Å². The van der Waals surface area contributed by atoms with E-state index >= 15 is 0 Å². The van der Waals surface area contributed by atoms with Crippen LogP contribution in [0.2, 0.25) is 0 Å². The van der Waals surface area contributed by atoms with Gasteiger partial charge in [-0.2, -0.15) is 0 Å². The van der Waals surface area contributed by atoms with Gasteiger partial charge in [-0.3, -0.25) is 9.59 Å². The molecule has 4 nitrogen and oxygen atoms in total. The van der Waals surface area contributed by atoms with Crippen molar-refractivity contribution in [1.82, 2.24) is 4.90 Å². The van der Waals surface area contributed by atoms with E-state index in [4.69, 9.17) is 4.74 Å². The van der Waals surface area contributed by atoms with Crippen molar-refractivity contribution in [3.63, 3.8) is 0 Å². The molecule has 0 aromatic rings. The average molecular weight is 199 g/mol. The molecule has 1 heterocycles. The molecule has 1 rings (SSSR count). The van der Waals surface area contributed by atoms with Gasteiger partial charge in [0.05, 0.1) is 12.1 Å². The lowest BCUT2D eigenvalue weighted by molar-refractivity contribution is -0.136. The summed E-state index contributed by atoms with van der Waals surface area (Å²) in [5.41, 5.74) is 0. The Balaban J connectivity index is 2.71. The van der Waals surface area contributed by atoms with Crippen molar-refractivity contribution in [2.45, 2.75) is 38.8 Å². The molecule has 0 saturated carbocycles. The lowest BCUT2D eigenvalue weighted by Gasteiger charge is -2.21. The van der Waals surface area contributed by atoms with Crippen LogP contribution in [0.1, 0.15) is 26.7 Å². The zero-order valence-electron chi connectivity index (χ0n) is 8.95. The van der Waals surface area contributed by atoms with Gasteiger partial charge in [-0.15, -0.1) is 0 Å². The van der Waals surface area contributed by atoms with Crippen molar-refractivity contribution in [3.05, 3.63) is 0 Å². The number of ether oxygens (including phenoxy) is 1. The highest BCUT2D eigenvalue weighted by atomic mass is 16.5. The van der Waals surface area contributed by atoms with Crippen LogP contribution in [-0.2, 0) is 14.3 Å². The van der Waals surface area contributed by atoms with Crippen LogP contribution in [0, 0.1) is 0 Å². The van der Waals surface area contributed by atoms with Crippen molar-refractivity contribution < 1.29 is 14.3 Å². The number of likely N-dealkylation sites (tertiary alicyclic amines) is 1. The van der Waals surface area contributed by atoms with Gasteiger partial charge < -0.3 is 9.64 Å². The molecule has 14 heavy (non-hydrogen) atoms. The highest BCUT2D eigenvalue weighted by molar-refractivity contribution is 5.88. The van der Waals surface area contributed by atoms with E-state index in [9.17, 15) is 9.59 Å². The SMILES string of the molecule is CCC(=O)N1C[C@H](OC)C[C@H]1C(C)=O. The zero-order valence-corrected chi connectivity index (χ0v) is 8.95. The maximum absolute atomic E-state index is 11.5. The molecule has 0 bridgehead atoms. The Morgan fingerprint density at radius 1 is 1.50 bits per heavy atom. The maximum Gasteiger partial charge on any atom is 0.222 e. The summed E-state index contributed by atoms with van der Waals surface area (Å²) < 4.78 is 5.17. The first-order valence-electron chi connectivity index (χ1n) is 4.92. The number of Topliss-reactive ketones (excluding diaryl/α,β-unsaturated/α-hetero) is 1. The molecule has 1 aliphatic rings. The lowest BCUT2D eigenvalue weighted by Crippen LogP contribution is -2.39. The zero-order chi connectivity index (χ0) is 10.7. The monoisotopic (exact) mass is 199 g/mol. The van der Waals surface area contributed by atoms with Crippen molar-refractivity contribution in [3.8, 4) is 0 Å². The van der Waals surface area contributed by atoms with E-state index in [1.54, 1.807) is 18.9 Å². The number of carbonyl (C=O) groups excluding carboxylic acids is 2. The summed E-state index contributed by atoms with van der Waals surface area (Å²) in [6, 6.07) is -0.271. The largest absolute Gasteiger partial charge is 0.380 e. The first-order valence-corrected chi connectivity index (χ1v) is 4.92. The van der Waals surface area contributed by atoms with Crippen LogP contribution < -0.4 is 0 Å². The minimum absolute atomic E-state index is 0.0133. The Bertz CT molecular complexity index is 240. The van der Waals surface area contributed by atoms with E-state index in [-0.39, 0.29) is 23.8 Å². The van der Waals surface area contributed by atoms with E-state index in [2.05, 4.69) is 0 Å². The number of ketones is 1. The van der Waals surface area contributed by atoms with Gasteiger partial charge in [0.15, 0.2) is 5.78 Å². The molecule has 0 aliphatic carbocycles. The Kier molecular flexibility index (Phi) is 3.63. The van der Waals surface area contributed by atoms with Crippen LogP contribution in [0.5, 0.6) is 0 Å². The standard InChI is InChI=1S/C10H17NO3/c1-4-10(13)11-6-8(14-3)5-9(11)7(2)12/h8-9H,4-6H2,1-3H3/t8-,9+/m1/s1. The predicted octanol–water partition coefficient (Wildman–Crippen LogP) is 0.601. The number of methoxy groups -OCH3 is 1. The van der Waals surface area contributed by atoms with Crippen LogP contribution in [-0.4, -0.2) is 42.4 Å². The Morgan fingerprint density at radius 2 is 2.14 bits per heavy atom. The van der Waals surface area contributed by atoms with E-state index in [0.29, 0.717) is 19.4 Å². The third-order valence-corrected chi connectivity index (χ3v) is 2.69. The Hall–Kier alpha value is -0.900. The van der Waals surface area contributed by atoms with Crippen LogP contribution >= 0.6 is 0 Å². The molecule has 2 atom stereocenters. The molecular weight excluding hydrogens is 182 g/mol. The second kappa shape index (κ2) is 4.55. The van der Waals surface area contributed by atoms with Gasteiger partial charge in [-0.25, -0.2) is 0 Å². The Morgan fingerprint density at radius 3 is 2.57 bits per heavy atom. The van der Waals surface area contributed by atoms with Crippen molar-refractivity contribution in [1.29, 1.82) is 0 Å². The summed E-state index contributed by atoms with van der Waals surface area (Å²) in [4.78, 5) is 24.4. The van der Waals surface area contributed by atoms with Crippen molar-refractivity contribution in [2.24, 2.45) is 0 Å². The molecule has 80 valence electrons. The van der Waals surface area contributed by atoms with E-state index in [1.807, 2.05) is 0 Å². The van der Waals surface area contributed by atoms with Gasteiger partial charge in [0.1, 0.15) is 0 Å². The summed E-state index contributed by atoms with van der Waals surface area (Å²) in [6.07, 6.45) is 1.09.